The Bertz CT molecular complexity index is 290. The van der Waals surface area contributed by atoms with Crippen LogP contribution in [-0.2, 0) is 0 Å². The molecule has 0 aliphatic carbocycles. The summed E-state index contributed by atoms with van der Waals surface area (Å²) in [6.45, 7) is 0. The van der Waals surface area contributed by atoms with Crippen molar-refractivity contribution in [3.63, 3.8) is 0 Å². The number of terminal acetylenes is 1. The maximum Gasteiger partial charge on any atom is 0.164 e. The molecule has 0 fully saturated rings. The molecule has 0 atom stereocenters. The second-order valence-corrected chi connectivity index (χ2v) is 2.00. The Labute approximate surface area is 62.8 Å². The summed E-state index contributed by atoms with van der Waals surface area (Å²) < 4.78 is 12.5. The van der Waals surface area contributed by atoms with Crippen molar-refractivity contribution in [3.05, 3.63) is 28.8 Å². The molecule has 0 saturated heterocycles. The first-order valence-corrected chi connectivity index (χ1v) is 2.89. The van der Waals surface area contributed by atoms with Crippen LogP contribution in [0.4, 0.5) is 4.39 Å². The molecule has 0 saturated carbocycles. The molecule has 1 rings (SSSR count). The molecular formula is C7H3ClFN. The lowest BCUT2D eigenvalue weighted by Gasteiger charge is -1.91. The van der Waals surface area contributed by atoms with Gasteiger partial charge in [0.2, 0.25) is 0 Å². The molecule has 0 aromatic carbocycles. The summed E-state index contributed by atoms with van der Waals surface area (Å²) in [6, 6.07) is 1.16. The molecule has 1 nitrogen and oxygen atoms in total. The van der Waals surface area contributed by atoms with E-state index < -0.39 is 5.82 Å². The third kappa shape index (κ3) is 1.26. The van der Waals surface area contributed by atoms with Crippen LogP contribution in [0.5, 0.6) is 0 Å². The van der Waals surface area contributed by atoms with E-state index in [0.717, 1.165) is 6.07 Å². The summed E-state index contributed by atoms with van der Waals surface area (Å²) in [5, 5.41) is -0.154. The minimum atomic E-state index is -0.586. The molecule has 50 valence electrons. The fraction of sp³-hybridized carbons (Fsp3) is 0. The smallest absolute Gasteiger partial charge is 0.164 e. The fourth-order valence-electron chi connectivity index (χ4n) is 0.500. The number of hydrogen-bond acceptors (Lipinski definition) is 1. The van der Waals surface area contributed by atoms with E-state index in [-0.39, 0.29) is 5.15 Å². The van der Waals surface area contributed by atoms with Gasteiger partial charge in [-0.15, -0.1) is 6.42 Å². The van der Waals surface area contributed by atoms with E-state index in [1.807, 2.05) is 0 Å². The van der Waals surface area contributed by atoms with Crippen molar-refractivity contribution in [2.24, 2.45) is 0 Å². The van der Waals surface area contributed by atoms with Gasteiger partial charge in [0.15, 0.2) is 11.0 Å². The highest BCUT2D eigenvalue weighted by Gasteiger charge is 1.98. The van der Waals surface area contributed by atoms with Crippen LogP contribution in [-0.4, -0.2) is 4.98 Å². The molecule has 3 heteroatoms. The van der Waals surface area contributed by atoms with Gasteiger partial charge in [0.1, 0.15) is 0 Å². The van der Waals surface area contributed by atoms with Crippen LogP contribution in [0.1, 0.15) is 5.56 Å². The molecule has 0 bridgehead atoms. The van der Waals surface area contributed by atoms with Gasteiger partial charge < -0.3 is 0 Å². The first-order valence-electron chi connectivity index (χ1n) is 2.51. The van der Waals surface area contributed by atoms with Crippen LogP contribution in [0.2, 0.25) is 5.15 Å². The Morgan fingerprint density at radius 3 is 2.90 bits per heavy atom. The van der Waals surface area contributed by atoms with Crippen LogP contribution in [0, 0.1) is 18.2 Å². The van der Waals surface area contributed by atoms with Crippen LogP contribution in [0.15, 0.2) is 12.3 Å². The van der Waals surface area contributed by atoms with Gasteiger partial charge in [0.25, 0.3) is 0 Å². The Balaban J connectivity index is 3.20. The summed E-state index contributed by atoms with van der Waals surface area (Å²) in [5.74, 6) is 1.65. The molecule has 1 aromatic heterocycles. The van der Waals surface area contributed by atoms with Crippen LogP contribution in [0.3, 0.4) is 0 Å². The lowest BCUT2D eigenvalue weighted by Crippen LogP contribution is -1.83. The Kier molecular flexibility index (Phi) is 1.88. The van der Waals surface area contributed by atoms with Gasteiger partial charge in [0.05, 0.1) is 0 Å². The zero-order valence-electron chi connectivity index (χ0n) is 4.94. The minimum absolute atomic E-state index is 0.154. The zero-order chi connectivity index (χ0) is 7.56. The maximum absolute atomic E-state index is 12.5. The van der Waals surface area contributed by atoms with Crippen LogP contribution < -0.4 is 0 Å². The molecule has 0 spiro atoms. The van der Waals surface area contributed by atoms with Gasteiger partial charge in [-0.25, -0.2) is 9.37 Å². The summed E-state index contributed by atoms with van der Waals surface area (Å²) in [4.78, 5) is 3.50. The second-order valence-electron chi connectivity index (χ2n) is 1.64. The highest BCUT2D eigenvalue weighted by molar-refractivity contribution is 6.29. The Hall–Kier alpha value is -1.07. The summed E-state index contributed by atoms with van der Waals surface area (Å²) in [5.41, 5.74) is 0.391. The fourth-order valence-corrected chi connectivity index (χ4v) is 0.604. The normalized spacial score (nSPS) is 8.90. The van der Waals surface area contributed by atoms with E-state index >= 15 is 0 Å². The van der Waals surface area contributed by atoms with E-state index in [4.69, 9.17) is 18.0 Å². The van der Waals surface area contributed by atoms with Gasteiger partial charge in [-0.2, -0.15) is 0 Å². The quantitative estimate of drug-likeness (QED) is 0.412. The van der Waals surface area contributed by atoms with Crippen molar-refractivity contribution in [3.8, 4) is 12.3 Å². The molecular weight excluding hydrogens is 153 g/mol. The van der Waals surface area contributed by atoms with E-state index in [1.165, 1.54) is 6.20 Å². The molecule has 0 unspecified atom stereocenters. The largest absolute Gasteiger partial charge is 0.240 e. The zero-order valence-corrected chi connectivity index (χ0v) is 5.69. The number of halogens is 2. The standard InChI is InChI=1S/C7H3ClFN/c1-2-5-3-6(9)7(8)10-4-5/h1,3-4H. The highest BCUT2D eigenvalue weighted by atomic mass is 35.5. The number of rotatable bonds is 0. The van der Waals surface area contributed by atoms with Gasteiger partial charge in [-0.1, -0.05) is 17.5 Å². The molecule has 1 aromatic rings. The lowest BCUT2D eigenvalue weighted by atomic mass is 10.3. The summed E-state index contributed by atoms with van der Waals surface area (Å²) in [7, 11) is 0. The van der Waals surface area contributed by atoms with Gasteiger partial charge in [-0.05, 0) is 6.07 Å². The first kappa shape index (κ1) is 7.04. The minimum Gasteiger partial charge on any atom is -0.240 e. The summed E-state index contributed by atoms with van der Waals surface area (Å²) >= 11 is 5.28. The highest BCUT2D eigenvalue weighted by Crippen LogP contribution is 2.10. The van der Waals surface area contributed by atoms with Gasteiger partial charge in [-0.3, -0.25) is 0 Å². The molecule has 10 heavy (non-hydrogen) atoms. The Morgan fingerprint density at radius 1 is 1.70 bits per heavy atom. The van der Waals surface area contributed by atoms with Crippen molar-refractivity contribution in [1.29, 1.82) is 0 Å². The van der Waals surface area contributed by atoms with Crippen LogP contribution in [0.25, 0.3) is 0 Å². The van der Waals surface area contributed by atoms with Crippen LogP contribution >= 0.6 is 11.6 Å². The third-order valence-corrected chi connectivity index (χ3v) is 1.24. The van der Waals surface area contributed by atoms with Crippen molar-refractivity contribution < 1.29 is 4.39 Å². The van der Waals surface area contributed by atoms with E-state index in [9.17, 15) is 4.39 Å². The molecule has 0 amide bonds. The van der Waals surface area contributed by atoms with E-state index in [0.29, 0.717) is 5.56 Å². The predicted octanol–water partition coefficient (Wildman–Crippen LogP) is 1.86. The maximum atomic E-state index is 12.5. The number of aromatic nitrogens is 1. The monoisotopic (exact) mass is 155 g/mol. The SMILES string of the molecule is C#Cc1cnc(Cl)c(F)c1. The first-order chi connectivity index (χ1) is 4.74. The Morgan fingerprint density at radius 2 is 2.40 bits per heavy atom. The average molecular weight is 156 g/mol. The molecule has 1 heterocycles. The van der Waals surface area contributed by atoms with Crippen molar-refractivity contribution in [1.82, 2.24) is 4.98 Å². The number of pyridine rings is 1. The van der Waals surface area contributed by atoms with E-state index in [1.54, 1.807) is 0 Å². The van der Waals surface area contributed by atoms with Crippen molar-refractivity contribution >= 4 is 11.6 Å². The average Bonchev–Trinajstić information content (AvgIpc) is 1.95. The second kappa shape index (κ2) is 2.68. The molecule has 0 aliphatic rings. The van der Waals surface area contributed by atoms with Crippen molar-refractivity contribution in [2.45, 2.75) is 0 Å². The van der Waals surface area contributed by atoms with E-state index in [2.05, 4.69) is 10.9 Å². The molecule has 0 N–H and O–H groups in total. The number of nitrogens with zero attached hydrogens (tertiary/aromatic N) is 1. The predicted molar refractivity (Wildman–Crippen MR) is 37.1 cm³/mol. The summed E-state index contributed by atoms with van der Waals surface area (Å²) in [6.07, 6.45) is 6.31. The topological polar surface area (TPSA) is 12.9 Å². The lowest BCUT2D eigenvalue weighted by molar-refractivity contribution is 0.621. The third-order valence-electron chi connectivity index (χ3n) is 0.963. The molecule has 0 aliphatic heterocycles. The van der Waals surface area contributed by atoms with Crippen molar-refractivity contribution in [2.75, 3.05) is 0 Å². The number of hydrogen-bond donors (Lipinski definition) is 0. The molecule has 0 radical (unpaired) electrons. The van der Waals surface area contributed by atoms with Gasteiger partial charge in [0, 0.05) is 11.8 Å². The van der Waals surface area contributed by atoms with Gasteiger partial charge >= 0.3 is 0 Å².